The normalized spacial score (nSPS) is 24.7. The average molecular weight is 515 g/mol. The second-order valence-corrected chi connectivity index (χ2v) is 11.0. The Bertz CT molecular complexity index is 1230. The highest BCUT2D eigenvalue weighted by Crippen LogP contribution is 2.36. The van der Waals surface area contributed by atoms with Crippen molar-refractivity contribution < 1.29 is 18.7 Å². The average Bonchev–Trinajstić information content (AvgIpc) is 3.50. The zero-order valence-electron chi connectivity index (χ0n) is 21.5. The Hall–Kier alpha value is -2.88. The summed E-state index contributed by atoms with van der Waals surface area (Å²) in [6.45, 7) is 4.45. The highest BCUT2D eigenvalue weighted by atomic mass is 19.3. The molecule has 2 saturated carbocycles. The van der Waals surface area contributed by atoms with E-state index in [0.717, 1.165) is 51.4 Å². The van der Waals surface area contributed by atoms with Crippen LogP contribution in [0.5, 0.6) is 0 Å². The van der Waals surface area contributed by atoms with Gasteiger partial charge in [0, 0.05) is 24.4 Å². The molecule has 5 rings (SSSR count). The van der Waals surface area contributed by atoms with Crippen molar-refractivity contribution in [3.05, 3.63) is 41.5 Å². The summed E-state index contributed by atoms with van der Waals surface area (Å²) in [6, 6.07) is 1.74. The molecular weight excluding hydrogens is 478 g/mol. The molecule has 0 amide bonds. The molecule has 3 heterocycles. The molecule has 0 saturated heterocycles. The summed E-state index contributed by atoms with van der Waals surface area (Å²) in [5.74, 6) is 1.49. The van der Waals surface area contributed by atoms with Crippen LogP contribution in [-0.4, -0.2) is 47.4 Å². The van der Waals surface area contributed by atoms with Crippen LogP contribution in [0.4, 0.5) is 14.6 Å². The molecule has 0 aromatic carbocycles. The molecule has 3 aromatic heterocycles. The number of rotatable bonds is 8. The Morgan fingerprint density at radius 3 is 2.62 bits per heavy atom. The van der Waals surface area contributed by atoms with Crippen LogP contribution in [0, 0.1) is 11.8 Å². The number of carbonyl (C=O) groups excluding carboxylic acids is 1. The van der Waals surface area contributed by atoms with E-state index >= 15 is 0 Å². The number of hydrogen-bond donors (Lipinski definition) is 2. The van der Waals surface area contributed by atoms with Gasteiger partial charge in [0.1, 0.15) is 11.5 Å². The molecule has 10 heteroatoms. The molecular formula is C27H36F2N6O2. The summed E-state index contributed by atoms with van der Waals surface area (Å²) >= 11 is 0. The SMILES string of the molecule is CC(C)C1CCC(n2cc(CC(=O)c3cnn4ccc(N[C@@H]5CCCC[C@H]5O)nc34)c(C(F)F)n2)CC1. The summed E-state index contributed by atoms with van der Waals surface area (Å²) in [4.78, 5) is 17.9. The van der Waals surface area contributed by atoms with Gasteiger partial charge in [0.2, 0.25) is 0 Å². The fraction of sp³-hybridized carbons (Fsp3) is 0.630. The van der Waals surface area contributed by atoms with Gasteiger partial charge in [-0.3, -0.25) is 9.48 Å². The summed E-state index contributed by atoms with van der Waals surface area (Å²) in [6.07, 6.45) is 8.94. The maximum atomic E-state index is 13.9. The van der Waals surface area contributed by atoms with Crippen LogP contribution in [0.15, 0.2) is 24.7 Å². The Morgan fingerprint density at radius 2 is 1.92 bits per heavy atom. The predicted molar refractivity (Wildman–Crippen MR) is 136 cm³/mol. The fourth-order valence-electron chi connectivity index (χ4n) is 5.87. The van der Waals surface area contributed by atoms with Crippen LogP contribution >= 0.6 is 0 Å². The lowest BCUT2D eigenvalue weighted by Crippen LogP contribution is -2.36. The van der Waals surface area contributed by atoms with Crippen LogP contribution in [0.1, 0.15) is 99.3 Å². The zero-order chi connectivity index (χ0) is 26.1. The summed E-state index contributed by atoms with van der Waals surface area (Å²) < 4.78 is 30.9. The van der Waals surface area contributed by atoms with Gasteiger partial charge in [-0.05, 0) is 56.4 Å². The summed E-state index contributed by atoms with van der Waals surface area (Å²) in [5.41, 5.74) is 0.568. The van der Waals surface area contributed by atoms with Crippen molar-refractivity contribution in [3.63, 3.8) is 0 Å². The molecule has 0 radical (unpaired) electrons. The van der Waals surface area contributed by atoms with Crippen molar-refractivity contribution in [3.8, 4) is 0 Å². The third-order valence-electron chi connectivity index (χ3n) is 8.19. The van der Waals surface area contributed by atoms with E-state index in [4.69, 9.17) is 0 Å². The standard InChI is InChI=1S/C27H36F2N6O2/c1-16(2)17-7-9-19(10-8-17)35-15-18(25(33-35)26(28)29)13-23(37)20-14-30-34-12-11-24(32-27(20)34)31-21-5-3-4-6-22(21)36/h11-12,14-17,19,21-22,26,36H,3-10,13H2,1-2H3,(H,31,32)/t17?,19?,21-,22-/m1/s1. The largest absolute Gasteiger partial charge is 0.391 e. The van der Waals surface area contributed by atoms with Gasteiger partial charge in [-0.15, -0.1) is 0 Å². The van der Waals surface area contributed by atoms with Crippen molar-refractivity contribution in [2.45, 2.75) is 96.2 Å². The first kappa shape index (κ1) is 25.8. The maximum Gasteiger partial charge on any atom is 0.282 e. The van der Waals surface area contributed by atoms with Crippen molar-refractivity contribution in [1.29, 1.82) is 0 Å². The fourth-order valence-corrected chi connectivity index (χ4v) is 5.87. The quantitative estimate of drug-likeness (QED) is 0.391. The van der Waals surface area contributed by atoms with Crippen LogP contribution in [0.25, 0.3) is 5.65 Å². The van der Waals surface area contributed by atoms with E-state index in [9.17, 15) is 18.7 Å². The number of alkyl halides is 2. The van der Waals surface area contributed by atoms with E-state index in [1.165, 1.54) is 10.7 Å². The minimum atomic E-state index is -2.75. The van der Waals surface area contributed by atoms with Gasteiger partial charge in [-0.1, -0.05) is 26.7 Å². The first-order chi connectivity index (χ1) is 17.8. The van der Waals surface area contributed by atoms with E-state index in [1.807, 2.05) is 0 Å². The first-order valence-corrected chi connectivity index (χ1v) is 13.5. The molecule has 2 aliphatic carbocycles. The number of ketones is 1. The Labute approximate surface area is 215 Å². The lowest BCUT2D eigenvalue weighted by Gasteiger charge is -2.30. The Kier molecular flexibility index (Phi) is 7.55. The Balaban J connectivity index is 1.34. The number of nitrogens with one attached hydrogen (secondary N) is 1. The number of Topliss-reactive ketones (excluding diaryl/α,β-unsaturated/α-hetero) is 1. The van der Waals surface area contributed by atoms with E-state index in [2.05, 4.69) is 34.3 Å². The molecule has 2 aliphatic rings. The minimum absolute atomic E-state index is 0.0822. The van der Waals surface area contributed by atoms with Gasteiger partial charge in [0.25, 0.3) is 6.43 Å². The molecule has 0 unspecified atom stereocenters. The van der Waals surface area contributed by atoms with Crippen LogP contribution < -0.4 is 5.32 Å². The first-order valence-electron chi connectivity index (χ1n) is 13.5. The second kappa shape index (κ2) is 10.8. The molecule has 2 atom stereocenters. The highest BCUT2D eigenvalue weighted by molar-refractivity contribution is 6.02. The number of nitrogens with zero attached hydrogens (tertiary/aromatic N) is 5. The maximum absolute atomic E-state index is 13.9. The smallest absolute Gasteiger partial charge is 0.282 e. The zero-order valence-corrected chi connectivity index (χ0v) is 21.5. The number of aromatic nitrogens is 5. The molecule has 3 aromatic rings. The number of hydrogen-bond acceptors (Lipinski definition) is 6. The molecule has 0 spiro atoms. The number of carbonyl (C=O) groups is 1. The third-order valence-corrected chi connectivity index (χ3v) is 8.19. The second-order valence-electron chi connectivity index (χ2n) is 11.0. The van der Waals surface area contributed by atoms with Crippen molar-refractivity contribution >= 4 is 17.2 Å². The van der Waals surface area contributed by atoms with Crippen LogP contribution in [0.3, 0.4) is 0 Å². The lowest BCUT2D eigenvalue weighted by molar-refractivity contribution is 0.0992. The van der Waals surface area contributed by atoms with Gasteiger partial charge in [-0.2, -0.15) is 10.2 Å². The molecule has 37 heavy (non-hydrogen) atoms. The van der Waals surface area contributed by atoms with Crippen LogP contribution in [0.2, 0.25) is 0 Å². The van der Waals surface area contributed by atoms with E-state index in [0.29, 0.717) is 23.3 Å². The van der Waals surface area contributed by atoms with Gasteiger partial charge in [0.15, 0.2) is 11.4 Å². The Morgan fingerprint density at radius 1 is 1.16 bits per heavy atom. The van der Waals surface area contributed by atoms with Crippen LogP contribution in [-0.2, 0) is 6.42 Å². The number of aliphatic hydroxyl groups excluding tert-OH is 1. The number of halogens is 2. The van der Waals surface area contributed by atoms with E-state index in [-0.39, 0.29) is 41.1 Å². The van der Waals surface area contributed by atoms with E-state index < -0.39 is 12.5 Å². The number of fused-ring (bicyclic) bond motifs is 1. The highest BCUT2D eigenvalue weighted by Gasteiger charge is 2.29. The predicted octanol–water partition coefficient (Wildman–Crippen LogP) is 5.39. The van der Waals surface area contributed by atoms with Crippen molar-refractivity contribution in [2.24, 2.45) is 11.8 Å². The molecule has 2 fully saturated rings. The van der Waals surface area contributed by atoms with Crippen molar-refractivity contribution in [1.82, 2.24) is 24.4 Å². The molecule has 2 N–H and O–H groups in total. The van der Waals surface area contributed by atoms with Gasteiger partial charge in [-0.25, -0.2) is 18.3 Å². The molecule has 200 valence electrons. The molecule has 0 aliphatic heterocycles. The van der Waals surface area contributed by atoms with Crippen molar-refractivity contribution in [2.75, 3.05) is 5.32 Å². The third kappa shape index (κ3) is 5.54. The monoisotopic (exact) mass is 514 g/mol. The van der Waals surface area contributed by atoms with Gasteiger partial charge >= 0.3 is 0 Å². The lowest BCUT2D eigenvalue weighted by atomic mass is 9.80. The minimum Gasteiger partial charge on any atom is -0.391 e. The summed E-state index contributed by atoms with van der Waals surface area (Å²) in [7, 11) is 0. The molecule has 0 bridgehead atoms. The van der Waals surface area contributed by atoms with E-state index in [1.54, 1.807) is 23.1 Å². The van der Waals surface area contributed by atoms with Gasteiger partial charge < -0.3 is 10.4 Å². The topological polar surface area (TPSA) is 97.3 Å². The summed E-state index contributed by atoms with van der Waals surface area (Å²) in [5, 5.41) is 22.0. The number of anilines is 1. The molecule has 8 nitrogen and oxygen atoms in total. The number of aliphatic hydroxyl groups is 1. The van der Waals surface area contributed by atoms with Gasteiger partial charge in [0.05, 0.1) is 29.9 Å².